The molecule has 18 heavy (non-hydrogen) atoms. The average Bonchev–Trinajstić information content (AvgIpc) is 2.36. The zero-order valence-electron chi connectivity index (χ0n) is 10.3. The molecule has 1 atom stereocenters. The molecule has 1 aromatic carbocycles. The predicted octanol–water partition coefficient (Wildman–Crippen LogP) is 3.02. The minimum absolute atomic E-state index is 0.0844. The lowest BCUT2D eigenvalue weighted by atomic mass is 10.1. The molecule has 0 radical (unpaired) electrons. The van der Waals surface area contributed by atoms with Crippen LogP contribution in [0.5, 0.6) is 0 Å². The standard InChI is InChI=1S/C12H15N3O2S/c1-3-18-8-9(2)14-11-5-4-10(7-13)12(6-11)15(16)17/h4-6,9,14H,3,8H2,1-2H3. The Bertz CT molecular complexity index is 471. The van der Waals surface area contributed by atoms with E-state index in [1.54, 1.807) is 17.8 Å². The molecule has 0 aliphatic rings. The molecule has 0 fully saturated rings. The number of benzene rings is 1. The van der Waals surface area contributed by atoms with Crippen molar-refractivity contribution >= 4 is 23.1 Å². The van der Waals surface area contributed by atoms with Crippen molar-refractivity contribution in [2.24, 2.45) is 0 Å². The van der Waals surface area contributed by atoms with Crippen molar-refractivity contribution in [2.75, 3.05) is 16.8 Å². The lowest BCUT2D eigenvalue weighted by molar-refractivity contribution is -0.385. The van der Waals surface area contributed by atoms with Crippen LogP contribution >= 0.6 is 11.8 Å². The minimum atomic E-state index is -0.533. The van der Waals surface area contributed by atoms with Crippen LogP contribution in [0, 0.1) is 21.4 Å². The summed E-state index contributed by atoms with van der Waals surface area (Å²) < 4.78 is 0. The number of hydrogen-bond acceptors (Lipinski definition) is 5. The number of nitrogens with one attached hydrogen (secondary N) is 1. The molecule has 5 nitrogen and oxygen atoms in total. The second-order valence-electron chi connectivity index (χ2n) is 3.81. The van der Waals surface area contributed by atoms with Crippen LogP contribution in [0.2, 0.25) is 0 Å². The van der Waals surface area contributed by atoms with Crippen LogP contribution in [-0.4, -0.2) is 22.5 Å². The molecule has 0 saturated carbocycles. The maximum absolute atomic E-state index is 10.8. The van der Waals surface area contributed by atoms with Gasteiger partial charge in [-0.2, -0.15) is 17.0 Å². The molecule has 0 heterocycles. The molecule has 0 saturated heterocycles. The zero-order chi connectivity index (χ0) is 13.5. The molecule has 6 heteroatoms. The molecule has 0 aliphatic carbocycles. The van der Waals surface area contributed by atoms with E-state index in [-0.39, 0.29) is 17.3 Å². The normalized spacial score (nSPS) is 11.6. The highest BCUT2D eigenvalue weighted by Crippen LogP contribution is 2.23. The zero-order valence-corrected chi connectivity index (χ0v) is 11.2. The van der Waals surface area contributed by atoms with E-state index in [2.05, 4.69) is 12.2 Å². The highest BCUT2D eigenvalue weighted by atomic mass is 32.2. The number of nitro benzene ring substituents is 1. The van der Waals surface area contributed by atoms with E-state index in [4.69, 9.17) is 5.26 Å². The van der Waals surface area contributed by atoms with Gasteiger partial charge in [0.25, 0.3) is 5.69 Å². The van der Waals surface area contributed by atoms with Crippen molar-refractivity contribution < 1.29 is 4.92 Å². The van der Waals surface area contributed by atoms with Crippen molar-refractivity contribution in [1.29, 1.82) is 5.26 Å². The van der Waals surface area contributed by atoms with E-state index in [1.807, 2.05) is 13.0 Å². The van der Waals surface area contributed by atoms with E-state index in [9.17, 15) is 10.1 Å². The summed E-state index contributed by atoms with van der Waals surface area (Å²) in [6.45, 7) is 4.11. The molecule has 1 N–H and O–H groups in total. The van der Waals surface area contributed by atoms with Crippen molar-refractivity contribution in [2.45, 2.75) is 19.9 Å². The van der Waals surface area contributed by atoms with E-state index in [1.165, 1.54) is 12.1 Å². The van der Waals surface area contributed by atoms with E-state index >= 15 is 0 Å². The van der Waals surface area contributed by atoms with Crippen LogP contribution in [0.4, 0.5) is 11.4 Å². The molecule has 0 spiro atoms. The minimum Gasteiger partial charge on any atom is -0.382 e. The summed E-state index contributed by atoms with van der Waals surface area (Å²) in [4.78, 5) is 10.3. The molecule has 0 amide bonds. The second kappa shape index (κ2) is 6.87. The fourth-order valence-electron chi connectivity index (χ4n) is 1.49. The number of hydrogen-bond donors (Lipinski definition) is 1. The van der Waals surface area contributed by atoms with Gasteiger partial charge in [-0.3, -0.25) is 10.1 Å². The summed E-state index contributed by atoms with van der Waals surface area (Å²) in [5.41, 5.74) is 0.601. The molecule has 0 aliphatic heterocycles. The Kier molecular flexibility index (Phi) is 5.46. The van der Waals surface area contributed by atoms with Gasteiger partial charge in [-0.25, -0.2) is 0 Å². The highest BCUT2D eigenvalue weighted by molar-refractivity contribution is 7.99. The molecule has 1 aromatic rings. The number of thioether (sulfide) groups is 1. The smallest absolute Gasteiger partial charge is 0.289 e. The van der Waals surface area contributed by atoms with Gasteiger partial charge in [0.15, 0.2) is 0 Å². The summed E-state index contributed by atoms with van der Waals surface area (Å²) in [5, 5.41) is 22.8. The quantitative estimate of drug-likeness (QED) is 0.631. The first-order chi connectivity index (χ1) is 8.58. The Balaban J connectivity index is 2.82. The Labute approximate surface area is 110 Å². The van der Waals surface area contributed by atoms with E-state index in [0.717, 1.165) is 11.5 Å². The van der Waals surface area contributed by atoms with Crippen LogP contribution < -0.4 is 5.32 Å². The van der Waals surface area contributed by atoms with Crippen molar-refractivity contribution in [3.63, 3.8) is 0 Å². The predicted molar refractivity (Wildman–Crippen MR) is 73.9 cm³/mol. The summed E-state index contributed by atoms with van der Waals surface area (Å²) in [5.74, 6) is 1.98. The Morgan fingerprint density at radius 2 is 2.33 bits per heavy atom. The van der Waals surface area contributed by atoms with Crippen LogP contribution in [0.15, 0.2) is 18.2 Å². The number of nitro groups is 1. The fourth-order valence-corrected chi connectivity index (χ4v) is 2.16. The lowest BCUT2D eigenvalue weighted by Crippen LogP contribution is -2.18. The number of rotatable bonds is 6. The van der Waals surface area contributed by atoms with Gasteiger partial charge in [-0.1, -0.05) is 6.92 Å². The fraction of sp³-hybridized carbons (Fsp3) is 0.417. The highest BCUT2D eigenvalue weighted by Gasteiger charge is 2.14. The van der Waals surface area contributed by atoms with E-state index < -0.39 is 4.92 Å². The first kappa shape index (κ1) is 14.3. The van der Waals surface area contributed by atoms with Gasteiger partial charge in [-0.15, -0.1) is 0 Å². The molecule has 0 bridgehead atoms. The van der Waals surface area contributed by atoms with Crippen LogP contribution in [0.3, 0.4) is 0 Å². The molecular weight excluding hydrogens is 250 g/mol. The summed E-state index contributed by atoms with van der Waals surface area (Å²) in [7, 11) is 0. The van der Waals surface area contributed by atoms with Gasteiger partial charge in [-0.05, 0) is 24.8 Å². The van der Waals surface area contributed by atoms with Gasteiger partial charge < -0.3 is 5.32 Å². The first-order valence-corrected chi connectivity index (χ1v) is 6.76. The number of anilines is 1. The Morgan fingerprint density at radius 3 is 2.89 bits per heavy atom. The summed E-state index contributed by atoms with van der Waals surface area (Å²) >= 11 is 1.80. The first-order valence-electron chi connectivity index (χ1n) is 5.61. The Morgan fingerprint density at radius 1 is 1.61 bits per heavy atom. The van der Waals surface area contributed by atoms with Crippen LogP contribution in [-0.2, 0) is 0 Å². The van der Waals surface area contributed by atoms with Crippen LogP contribution in [0.1, 0.15) is 19.4 Å². The van der Waals surface area contributed by atoms with Crippen molar-refractivity contribution in [3.8, 4) is 6.07 Å². The molecular formula is C12H15N3O2S. The third-order valence-corrected chi connectivity index (χ3v) is 3.44. The molecule has 1 rings (SSSR count). The number of nitriles is 1. The maximum atomic E-state index is 10.8. The van der Waals surface area contributed by atoms with Gasteiger partial charge in [0.1, 0.15) is 11.6 Å². The third kappa shape index (κ3) is 3.93. The maximum Gasteiger partial charge on any atom is 0.289 e. The number of nitrogens with zero attached hydrogens (tertiary/aromatic N) is 2. The van der Waals surface area contributed by atoms with Gasteiger partial charge in [0.2, 0.25) is 0 Å². The topological polar surface area (TPSA) is 79.0 Å². The van der Waals surface area contributed by atoms with Crippen molar-refractivity contribution in [1.82, 2.24) is 0 Å². The third-order valence-electron chi connectivity index (χ3n) is 2.30. The van der Waals surface area contributed by atoms with Crippen LogP contribution in [0.25, 0.3) is 0 Å². The average molecular weight is 265 g/mol. The van der Waals surface area contributed by atoms with Gasteiger partial charge >= 0.3 is 0 Å². The second-order valence-corrected chi connectivity index (χ2v) is 5.12. The Hall–Kier alpha value is -1.74. The largest absolute Gasteiger partial charge is 0.382 e. The summed E-state index contributed by atoms with van der Waals surface area (Å²) in [6, 6.07) is 6.62. The van der Waals surface area contributed by atoms with E-state index in [0.29, 0.717) is 5.69 Å². The SMILES string of the molecule is CCSCC(C)Nc1ccc(C#N)c([N+](=O)[O-])c1. The summed E-state index contributed by atoms with van der Waals surface area (Å²) in [6.07, 6.45) is 0. The van der Waals surface area contributed by atoms with Crippen molar-refractivity contribution in [3.05, 3.63) is 33.9 Å². The van der Waals surface area contributed by atoms with Gasteiger partial charge in [0.05, 0.1) is 4.92 Å². The monoisotopic (exact) mass is 265 g/mol. The van der Waals surface area contributed by atoms with Gasteiger partial charge in [0, 0.05) is 23.5 Å². The molecule has 1 unspecified atom stereocenters. The molecule has 96 valence electrons. The molecule has 0 aromatic heterocycles. The lowest BCUT2D eigenvalue weighted by Gasteiger charge is -2.14.